The number of carbonyl (C=O) groups is 1. The highest BCUT2D eigenvalue weighted by Crippen LogP contribution is 2.16. The van der Waals surface area contributed by atoms with Crippen molar-refractivity contribution in [3.05, 3.63) is 65.2 Å². The van der Waals surface area contributed by atoms with Gasteiger partial charge in [-0.25, -0.2) is 4.99 Å². The van der Waals surface area contributed by atoms with Gasteiger partial charge in [-0.3, -0.25) is 4.79 Å². The van der Waals surface area contributed by atoms with Crippen molar-refractivity contribution in [3.63, 3.8) is 0 Å². The fourth-order valence-corrected chi connectivity index (χ4v) is 2.01. The smallest absolute Gasteiger partial charge is 0.275 e. The summed E-state index contributed by atoms with van der Waals surface area (Å²) in [4.78, 5) is 16.1. The molecule has 1 aliphatic rings. The summed E-state index contributed by atoms with van der Waals surface area (Å²) >= 11 is 0. The van der Waals surface area contributed by atoms with Crippen LogP contribution in [0.25, 0.3) is 6.08 Å². The van der Waals surface area contributed by atoms with Crippen LogP contribution >= 0.6 is 0 Å². The molecule has 0 saturated heterocycles. The zero-order valence-corrected chi connectivity index (χ0v) is 11.1. The summed E-state index contributed by atoms with van der Waals surface area (Å²) in [5, 5.41) is 2.70. The highest BCUT2D eigenvalue weighted by Gasteiger charge is 2.22. The van der Waals surface area contributed by atoms with Gasteiger partial charge in [-0.2, -0.15) is 0 Å². The minimum absolute atomic E-state index is 0.212. The van der Waals surface area contributed by atoms with Gasteiger partial charge < -0.3 is 9.73 Å². The second kappa shape index (κ2) is 5.17. The molecule has 4 nitrogen and oxygen atoms in total. The van der Waals surface area contributed by atoms with Crippen molar-refractivity contribution in [2.75, 3.05) is 0 Å². The fourth-order valence-electron chi connectivity index (χ4n) is 2.01. The highest BCUT2D eigenvalue weighted by molar-refractivity contribution is 6.18. The lowest BCUT2D eigenvalue weighted by Crippen LogP contribution is -2.24. The van der Waals surface area contributed by atoms with Gasteiger partial charge in [0.25, 0.3) is 5.91 Å². The van der Waals surface area contributed by atoms with E-state index in [-0.39, 0.29) is 5.91 Å². The SMILES string of the molecule is CCc1ccc(/C=C2/N=C(c3ccco3)NC2=O)cc1. The van der Waals surface area contributed by atoms with Crippen LogP contribution in [0.15, 0.2) is 57.8 Å². The van der Waals surface area contributed by atoms with Crippen molar-refractivity contribution >= 4 is 17.8 Å². The summed E-state index contributed by atoms with van der Waals surface area (Å²) in [6.45, 7) is 2.11. The Morgan fingerprint density at radius 3 is 2.70 bits per heavy atom. The van der Waals surface area contributed by atoms with Crippen molar-refractivity contribution in [2.24, 2.45) is 4.99 Å². The first-order chi connectivity index (χ1) is 9.76. The summed E-state index contributed by atoms with van der Waals surface area (Å²) in [7, 11) is 0. The third-order valence-corrected chi connectivity index (χ3v) is 3.14. The molecule has 4 heteroatoms. The molecule has 1 aliphatic heterocycles. The van der Waals surface area contributed by atoms with Gasteiger partial charge in [-0.05, 0) is 35.8 Å². The molecule has 1 N–H and O–H groups in total. The van der Waals surface area contributed by atoms with E-state index in [1.807, 2.05) is 12.1 Å². The maximum Gasteiger partial charge on any atom is 0.275 e. The van der Waals surface area contributed by atoms with Crippen LogP contribution in [-0.4, -0.2) is 11.7 Å². The number of aliphatic imine (C=N–C) groups is 1. The van der Waals surface area contributed by atoms with Gasteiger partial charge in [0, 0.05) is 0 Å². The third kappa shape index (κ3) is 2.40. The van der Waals surface area contributed by atoms with Gasteiger partial charge in [0.15, 0.2) is 11.6 Å². The van der Waals surface area contributed by atoms with Crippen LogP contribution in [0.1, 0.15) is 23.8 Å². The van der Waals surface area contributed by atoms with E-state index in [4.69, 9.17) is 4.42 Å². The maximum absolute atomic E-state index is 11.9. The predicted octanol–water partition coefficient (Wildman–Crippen LogP) is 2.76. The van der Waals surface area contributed by atoms with Crippen LogP contribution in [0.4, 0.5) is 0 Å². The third-order valence-electron chi connectivity index (χ3n) is 3.14. The Labute approximate surface area is 116 Å². The molecule has 1 aromatic heterocycles. The van der Waals surface area contributed by atoms with Crippen LogP contribution in [-0.2, 0) is 11.2 Å². The summed E-state index contributed by atoms with van der Waals surface area (Å²) in [5.41, 5.74) is 2.61. The van der Waals surface area contributed by atoms with E-state index in [9.17, 15) is 4.79 Å². The number of furan rings is 1. The van der Waals surface area contributed by atoms with Crippen molar-refractivity contribution in [1.82, 2.24) is 5.32 Å². The number of nitrogens with zero attached hydrogens (tertiary/aromatic N) is 1. The Kier molecular flexibility index (Phi) is 3.21. The first-order valence-corrected chi connectivity index (χ1v) is 6.51. The Hall–Kier alpha value is -2.62. The summed E-state index contributed by atoms with van der Waals surface area (Å²) < 4.78 is 5.22. The molecule has 0 saturated carbocycles. The lowest BCUT2D eigenvalue weighted by Gasteiger charge is -1.97. The molecular weight excluding hydrogens is 252 g/mol. The van der Waals surface area contributed by atoms with E-state index < -0.39 is 0 Å². The number of hydrogen-bond acceptors (Lipinski definition) is 3. The quantitative estimate of drug-likeness (QED) is 0.868. The van der Waals surface area contributed by atoms with Crippen LogP contribution in [0.2, 0.25) is 0 Å². The maximum atomic E-state index is 11.9. The van der Waals surface area contributed by atoms with Crippen molar-refractivity contribution in [1.29, 1.82) is 0 Å². The zero-order chi connectivity index (χ0) is 13.9. The Balaban J connectivity index is 1.88. The Morgan fingerprint density at radius 1 is 1.25 bits per heavy atom. The molecule has 20 heavy (non-hydrogen) atoms. The molecule has 100 valence electrons. The lowest BCUT2D eigenvalue weighted by atomic mass is 10.1. The average molecular weight is 266 g/mol. The molecule has 2 aromatic rings. The molecule has 0 spiro atoms. The van der Waals surface area contributed by atoms with Crippen LogP contribution < -0.4 is 5.32 Å². The number of carbonyl (C=O) groups excluding carboxylic acids is 1. The molecular formula is C16H14N2O2. The van der Waals surface area contributed by atoms with Crippen molar-refractivity contribution < 1.29 is 9.21 Å². The molecule has 2 heterocycles. The zero-order valence-electron chi connectivity index (χ0n) is 11.1. The van der Waals surface area contributed by atoms with Gasteiger partial charge in [-0.15, -0.1) is 0 Å². The lowest BCUT2D eigenvalue weighted by molar-refractivity contribution is -0.115. The number of hydrogen-bond donors (Lipinski definition) is 1. The minimum atomic E-state index is -0.212. The first-order valence-electron chi connectivity index (χ1n) is 6.51. The van der Waals surface area contributed by atoms with Gasteiger partial charge in [-0.1, -0.05) is 31.2 Å². The second-order valence-electron chi connectivity index (χ2n) is 4.52. The van der Waals surface area contributed by atoms with Crippen LogP contribution in [0.5, 0.6) is 0 Å². The number of amidine groups is 1. The highest BCUT2D eigenvalue weighted by atomic mass is 16.3. The summed E-state index contributed by atoms with van der Waals surface area (Å²) in [6, 6.07) is 11.6. The molecule has 0 radical (unpaired) electrons. The van der Waals surface area contributed by atoms with E-state index in [2.05, 4.69) is 29.4 Å². The van der Waals surface area contributed by atoms with Crippen LogP contribution in [0.3, 0.4) is 0 Å². The summed E-state index contributed by atoms with van der Waals surface area (Å²) in [6.07, 6.45) is 4.32. The number of aryl methyl sites for hydroxylation is 1. The summed E-state index contributed by atoms with van der Waals surface area (Å²) in [5.74, 6) is 0.801. The normalized spacial score (nSPS) is 16.4. The molecule has 0 aliphatic carbocycles. The van der Waals surface area contributed by atoms with E-state index in [1.165, 1.54) is 5.56 Å². The van der Waals surface area contributed by atoms with E-state index >= 15 is 0 Å². The number of nitrogens with one attached hydrogen (secondary N) is 1. The molecule has 1 amide bonds. The van der Waals surface area contributed by atoms with Gasteiger partial charge >= 0.3 is 0 Å². The van der Waals surface area contributed by atoms with Crippen LogP contribution in [0, 0.1) is 0 Å². The predicted molar refractivity (Wildman–Crippen MR) is 77.2 cm³/mol. The number of amides is 1. The van der Waals surface area contributed by atoms with E-state index in [1.54, 1.807) is 24.5 Å². The minimum Gasteiger partial charge on any atom is -0.461 e. The van der Waals surface area contributed by atoms with Crippen molar-refractivity contribution in [2.45, 2.75) is 13.3 Å². The molecule has 0 fully saturated rings. The molecule has 3 rings (SSSR count). The first kappa shape index (κ1) is 12.4. The molecule has 0 atom stereocenters. The Bertz CT molecular complexity index is 680. The Morgan fingerprint density at radius 2 is 2.05 bits per heavy atom. The second-order valence-corrected chi connectivity index (χ2v) is 4.52. The molecule has 0 unspecified atom stereocenters. The van der Waals surface area contributed by atoms with Gasteiger partial charge in [0.05, 0.1) is 6.26 Å². The van der Waals surface area contributed by atoms with Gasteiger partial charge in [0.2, 0.25) is 0 Å². The topological polar surface area (TPSA) is 54.6 Å². The molecule has 1 aromatic carbocycles. The van der Waals surface area contributed by atoms with Crippen molar-refractivity contribution in [3.8, 4) is 0 Å². The average Bonchev–Trinajstić information content (AvgIpc) is 3.10. The van der Waals surface area contributed by atoms with Gasteiger partial charge in [0.1, 0.15) is 5.70 Å². The monoisotopic (exact) mass is 266 g/mol. The number of benzene rings is 1. The van der Waals surface area contributed by atoms with E-state index in [0.29, 0.717) is 17.3 Å². The number of rotatable bonds is 3. The van der Waals surface area contributed by atoms with E-state index in [0.717, 1.165) is 12.0 Å². The fraction of sp³-hybridized carbons (Fsp3) is 0.125. The largest absolute Gasteiger partial charge is 0.461 e. The standard InChI is InChI=1S/C16H14N2O2/c1-2-11-5-7-12(8-6-11)10-13-16(19)18-15(17-13)14-4-3-9-20-14/h3-10H,2H2,1H3,(H,17,18,19)/b13-10+. The molecule has 0 bridgehead atoms.